The van der Waals surface area contributed by atoms with Gasteiger partial charge in [0.25, 0.3) is 5.69 Å². The number of nitro benzene ring substituents is 1. The summed E-state index contributed by atoms with van der Waals surface area (Å²) in [6.07, 6.45) is 1.37. The smallest absolute Gasteiger partial charge is 0.271 e. The first-order chi connectivity index (χ1) is 14.1. The van der Waals surface area contributed by atoms with Crippen LogP contribution in [0.1, 0.15) is 25.3 Å². The highest BCUT2D eigenvalue weighted by Crippen LogP contribution is 2.28. The molecular weight excluding hydrogens is 410 g/mol. The van der Waals surface area contributed by atoms with E-state index in [-0.39, 0.29) is 36.7 Å². The molecule has 1 amide bonds. The maximum atomic E-state index is 12.3. The summed E-state index contributed by atoms with van der Waals surface area (Å²) in [6, 6.07) is 11.0. The molecule has 0 spiro atoms. The SMILES string of the molecule is CCOc1ccc(NC(=O)CCCN(c2cc([N+](=O)[O-])ccc2C)S(C)(=O)=O)cc1. The summed E-state index contributed by atoms with van der Waals surface area (Å²) >= 11 is 0. The van der Waals surface area contributed by atoms with E-state index >= 15 is 0 Å². The van der Waals surface area contributed by atoms with Gasteiger partial charge in [-0.05, 0) is 50.1 Å². The van der Waals surface area contributed by atoms with Crippen LogP contribution in [0.5, 0.6) is 5.75 Å². The molecule has 0 bridgehead atoms. The second-order valence-corrected chi connectivity index (χ2v) is 8.58. The number of hydrogen-bond acceptors (Lipinski definition) is 6. The Morgan fingerprint density at radius 3 is 2.43 bits per heavy atom. The van der Waals surface area contributed by atoms with Crippen molar-refractivity contribution in [2.45, 2.75) is 26.7 Å². The number of anilines is 2. The van der Waals surface area contributed by atoms with E-state index in [1.54, 1.807) is 31.2 Å². The second kappa shape index (κ2) is 10.1. The minimum atomic E-state index is -3.68. The topological polar surface area (TPSA) is 119 Å². The number of carbonyl (C=O) groups excluding carboxylic acids is 1. The number of aryl methyl sites for hydroxylation is 1. The minimum absolute atomic E-state index is 0.0253. The van der Waals surface area contributed by atoms with Gasteiger partial charge >= 0.3 is 0 Å². The molecule has 2 aromatic rings. The van der Waals surface area contributed by atoms with Crippen molar-refractivity contribution >= 4 is 33.0 Å². The molecule has 0 aliphatic carbocycles. The van der Waals surface area contributed by atoms with Gasteiger partial charge in [0.15, 0.2) is 0 Å². The molecule has 0 radical (unpaired) electrons. The van der Waals surface area contributed by atoms with E-state index in [0.717, 1.165) is 10.6 Å². The van der Waals surface area contributed by atoms with Crippen molar-refractivity contribution in [1.82, 2.24) is 0 Å². The van der Waals surface area contributed by atoms with E-state index in [1.165, 1.54) is 18.2 Å². The van der Waals surface area contributed by atoms with Gasteiger partial charge in [-0.25, -0.2) is 8.42 Å². The normalized spacial score (nSPS) is 11.0. The highest BCUT2D eigenvalue weighted by molar-refractivity contribution is 7.92. The Bertz CT molecular complexity index is 1010. The number of carbonyl (C=O) groups is 1. The quantitative estimate of drug-likeness (QED) is 0.451. The third kappa shape index (κ3) is 6.45. The molecule has 0 aliphatic heterocycles. The van der Waals surface area contributed by atoms with Crippen LogP contribution in [0.15, 0.2) is 42.5 Å². The minimum Gasteiger partial charge on any atom is -0.494 e. The first kappa shape index (κ1) is 23.1. The van der Waals surface area contributed by atoms with Gasteiger partial charge in [-0.3, -0.25) is 19.2 Å². The molecule has 10 heteroatoms. The summed E-state index contributed by atoms with van der Waals surface area (Å²) < 4.78 is 31.0. The van der Waals surface area contributed by atoms with Crippen molar-refractivity contribution < 1.29 is 22.9 Å². The first-order valence-corrected chi connectivity index (χ1v) is 11.2. The zero-order chi connectivity index (χ0) is 22.3. The van der Waals surface area contributed by atoms with Crippen LogP contribution in [0, 0.1) is 17.0 Å². The van der Waals surface area contributed by atoms with Crippen molar-refractivity contribution in [3.8, 4) is 5.75 Å². The molecule has 0 fully saturated rings. The number of hydrogen-bond donors (Lipinski definition) is 1. The fraction of sp³-hybridized carbons (Fsp3) is 0.350. The van der Waals surface area contributed by atoms with E-state index in [2.05, 4.69) is 5.32 Å². The lowest BCUT2D eigenvalue weighted by molar-refractivity contribution is -0.384. The Balaban J connectivity index is 2.03. The summed E-state index contributed by atoms with van der Waals surface area (Å²) in [5.41, 5.74) is 1.24. The largest absolute Gasteiger partial charge is 0.494 e. The molecule has 0 saturated carbocycles. The highest BCUT2D eigenvalue weighted by Gasteiger charge is 2.22. The van der Waals surface area contributed by atoms with Crippen LogP contribution in [0.2, 0.25) is 0 Å². The monoisotopic (exact) mass is 435 g/mol. The zero-order valence-corrected chi connectivity index (χ0v) is 17.9. The molecular formula is C20H25N3O6S. The Labute approximate surface area is 175 Å². The van der Waals surface area contributed by atoms with Crippen molar-refractivity contribution in [1.29, 1.82) is 0 Å². The van der Waals surface area contributed by atoms with Crippen molar-refractivity contribution in [3.63, 3.8) is 0 Å². The van der Waals surface area contributed by atoms with Crippen LogP contribution in [-0.4, -0.2) is 38.7 Å². The second-order valence-electron chi connectivity index (χ2n) is 6.67. The fourth-order valence-corrected chi connectivity index (χ4v) is 3.87. The predicted molar refractivity (Wildman–Crippen MR) is 115 cm³/mol. The summed E-state index contributed by atoms with van der Waals surface area (Å²) in [7, 11) is -3.68. The molecule has 0 atom stereocenters. The van der Waals surface area contributed by atoms with Gasteiger partial charge in [0, 0.05) is 30.8 Å². The van der Waals surface area contributed by atoms with Crippen LogP contribution in [-0.2, 0) is 14.8 Å². The molecule has 162 valence electrons. The standard InChI is InChI=1S/C20H25N3O6S/c1-4-29-18-11-8-16(9-12-18)21-20(24)6-5-13-22(30(3,27)28)19-14-17(23(25)26)10-7-15(19)2/h7-12,14H,4-6,13H2,1-3H3,(H,21,24). The van der Waals surface area contributed by atoms with Gasteiger partial charge in [-0.2, -0.15) is 0 Å². The van der Waals surface area contributed by atoms with Crippen LogP contribution < -0.4 is 14.4 Å². The molecule has 1 N–H and O–H groups in total. The average Bonchev–Trinajstić information content (AvgIpc) is 2.66. The molecule has 2 rings (SSSR count). The summed E-state index contributed by atoms with van der Waals surface area (Å²) in [4.78, 5) is 22.7. The maximum absolute atomic E-state index is 12.3. The van der Waals surface area contributed by atoms with Gasteiger partial charge in [0.2, 0.25) is 15.9 Å². The number of benzene rings is 2. The Hall–Kier alpha value is -3.14. The third-order valence-corrected chi connectivity index (χ3v) is 5.47. The van der Waals surface area contributed by atoms with E-state index in [9.17, 15) is 23.3 Å². The van der Waals surface area contributed by atoms with Gasteiger partial charge < -0.3 is 10.1 Å². The number of amides is 1. The lowest BCUT2D eigenvalue weighted by Crippen LogP contribution is -2.32. The van der Waals surface area contributed by atoms with Gasteiger partial charge in [0.05, 0.1) is 23.5 Å². The number of nitrogens with zero attached hydrogens (tertiary/aromatic N) is 2. The fourth-order valence-electron chi connectivity index (χ4n) is 2.85. The van der Waals surface area contributed by atoms with Crippen molar-refractivity contribution in [3.05, 3.63) is 58.1 Å². The van der Waals surface area contributed by atoms with Crippen LogP contribution in [0.4, 0.5) is 17.1 Å². The lowest BCUT2D eigenvalue weighted by atomic mass is 10.1. The summed E-state index contributed by atoms with van der Waals surface area (Å²) in [5.74, 6) is 0.440. The lowest BCUT2D eigenvalue weighted by Gasteiger charge is -2.24. The maximum Gasteiger partial charge on any atom is 0.271 e. The number of rotatable bonds is 10. The number of nitrogens with one attached hydrogen (secondary N) is 1. The molecule has 0 unspecified atom stereocenters. The zero-order valence-electron chi connectivity index (χ0n) is 17.1. The molecule has 0 aromatic heterocycles. The predicted octanol–water partition coefficient (Wildman–Crippen LogP) is 3.49. The van der Waals surface area contributed by atoms with Gasteiger partial charge in [-0.15, -0.1) is 0 Å². The average molecular weight is 436 g/mol. The molecule has 2 aromatic carbocycles. The van der Waals surface area contributed by atoms with E-state index in [0.29, 0.717) is 23.6 Å². The Kier molecular flexibility index (Phi) is 7.76. The Morgan fingerprint density at radius 1 is 1.20 bits per heavy atom. The molecule has 0 aliphatic rings. The van der Waals surface area contributed by atoms with Crippen LogP contribution in [0.25, 0.3) is 0 Å². The Morgan fingerprint density at radius 2 is 1.87 bits per heavy atom. The molecule has 9 nitrogen and oxygen atoms in total. The summed E-state index contributed by atoms with van der Waals surface area (Å²) in [5, 5.41) is 13.8. The van der Waals surface area contributed by atoms with Crippen molar-refractivity contribution in [2.75, 3.05) is 29.0 Å². The van der Waals surface area contributed by atoms with E-state index < -0.39 is 14.9 Å². The number of non-ortho nitro benzene ring substituents is 1. The third-order valence-electron chi connectivity index (χ3n) is 4.29. The first-order valence-electron chi connectivity index (χ1n) is 9.37. The molecule has 0 heterocycles. The number of sulfonamides is 1. The molecule has 30 heavy (non-hydrogen) atoms. The van der Waals surface area contributed by atoms with Gasteiger partial charge in [-0.1, -0.05) is 6.07 Å². The number of nitro groups is 1. The van der Waals surface area contributed by atoms with Crippen molar-refractivity contribution in [2.24, 2.45) is 0 Å². The van der Waals surface area contributed by atoms with Gasteiger partial charge in [0.1, 0.15) is 5.75 Å². The number of ether oxygens (including phenoxy) is 1. The van der Waals surface area contributed by atoms with Crippen LogP contribution in [0.3, 0.4) is 0 Å². The summed E-state index contributed by atoms with van der Waals surface area (Å²) in [6.45, 7) is 4.13. The van der Waals surface area contributed by atoms with E-state index in [4.69, 9.17) is 4.74 Å². The molecule has 0 saturated heterocycles. The van der Waals surface area contributed by atoms with Crippen LogP contribution >= 0.6 is 0 Å². The highest BCUT2D eigenvalue weighted by atomic mass is 32.2. The van der Waals surface area contributed by atoms with E-state index in [1.807, 2.05) is 6.92 Å².